The van der Waals surface area contributed by atoms with Crippen LogP contribution in [0.4, 0.5) is 0 Å². The lowest BCUT2D eigenvalue weighted by Gasteiger charge is -2.22. The molecule has 2 fully saturated rings. The molecule has 0 saturated carbocycles. The molecular weight excluding hydrogens is 204 g/mol. The van der Waals surface area contributed by atoms with Gasteiger partial charge in [0, 0.05) is 23.6 Å². The summed E-state index contributed by atoms with van der Waals surface area (Å²) in [6.07, 6.45) is 5.66. The fraction of sp³-hybridized carbons (Fsp3) is 1.00. The third-order valence-electron chi connectivity index (χ3n) is 3.96. The first-order valence-corrected chi connectivity index (χ1v) is 7.41. The molecule has 0 aromatic carbocycles. The Morgan fingerprint density at radius 3 is 1.73 bits per heavy atom. The summed E-state index contributed by atoms with van der Waals surface area (Å²) in [6.45, 7) is 2.63. The number of likely N-dealkylation sites (tertiary alicyclic amines) is 2. The second-order valence-electron chi connectivity index (χ2n) is 5.09. The van der Waals surface area contributed by atoms with Crippen molar-refractivity contribution in [3.05, 3.63) is 0 Å². The van der Waals surface area contributed by atoms with Crippen LogP contribution < -0.4 is 0 Å². The average molecular weight is 228 g/mol. The van der Waals surface area contributed by atoms with Crippen molar-refractivity contribution in [3.63, 3.8) is 0 Å². The Hall–Kier alpha value is 0.270. The standard InChI is InChI=1S/C12H24N2S/c1-13-7-3-5-11(13)9-15-10-12-6-4-8-14(12)2/h11-12H,3-10H2,1-2H3/t11-,12-/m0/s1. The maximum absolute atomic E-state index is 2.53. The molecule has 15 heavy (non-hydrogen) atoms. The predicted octanol–water partition coefficient (Wildman–Crippen LogP) is 1.91. The number of rotatable bonds is 4. The molecule has 0 amide bonds. The van der Waals surface area contributed by atoms with Crippen molar-refractivity contribution in [3.8, 4) is 0 Å². The van der Waals surface area contributed by atoms with Gasteiger partial charge in [0.2, 0.25) is 0 Å². The zero-order chi connectivity index (χ0) is 10.7. The van der Waals surface area contributed by atoms with E-state index in [4.69, 9.17) is 0 Å². The summed E-state index contributed by atoms with van der Waals surface area (Å²) >= 11 is 2.17. The van der Waals surface area contributed by atoms with Gasteiger partial charge in [-0.2, -0.15) is 11.8 Å². The Kier molecular flexibility index (Phi) is 4.35. The average Bonchev–Trinajstić information content (AvgIpc) is 2.78. The molecule has 88 valence electrons. The van der Waals surface area contributed by atoms with Gasteiger partial charge < -0.3 is 9.80 Å². The highest BCUT2D eigenvalue weighted by Crippen LogP contribution is 2.23. The second-order valence-corrected chi connectivity index (χ2v) is 6.17. The molecule has 3 heteroatoms. The molecule has 0 aromatic heterocycles. The maximum atomic E-state index is 2.53. The van der Waals surface area contributed by atoms with E-state index in [9.17, 15) is 0 Å². The smallest absolute Gasteiger partial charge is 0.0183 e. The minimum Gasteiger partial charge on any atom is -0.303 e. The number of nitrogens with zero attached hydrogens (tertiary/aromatic N) is 2. The van der Waals surface area contributed by atoms with Crippen LogP contribution in [0.15, 0.2) is 0 Å². The van der Waals surface area contributed by atoms with E-state index in [2.05, 4.69) is 35.7 Å². The highest BCUT2D eigenvalue weighted by atomic mass is 32.2. The van der Waals surface area contributed by atoms with Gasteiger partial charge in [-0.15, -0.1) is 0 Å². The van der Waals surface area contributed by atoms with E-state index in [0.717, 1.165) is 12.1 Å². The molecule has 0 radical (unpaired) electrons. The lowest BCUT2D eigenvalue weighted by Crippen LogP contribution is -2.30. The van der Waals surface area contributed by atoms with E-state index < -0.39 is 0 Å². The summed E-state index contributed by atoms with van der Waals surface area (Å²) in [6, 6.07) is 1.73. The van der Waals surface area contributed by atoms with Crippen LogP contribution in [0, 0.1) is 0 Å². The van der Waals surface area contributed by atoms with Crippen LogP contribution in [0.1, 0.15) is 25.7 Å². The minimum absolute atomic E-state index is 0.863. The van der Waals surface area contributed by atoms with Crippen LogP contribution in [0.25, 0.3) is 0 Å². The van der Waals surface area contributed by atoms with E-state index in [0.29, 0.717) is 0 Å². The molecule has 0 spiro atoms. The molecule has 0 bridgehead atoms. The number of hydrogen-bond donors (Lipinski definition) is 0. The van der Waals surface area contributed by atoms with E-state index in [1.807, 2.05) is 0 Å². The van der Waals surface area contributed by atoms with Gasteiger partial charge in [0.1, 0.15) is 0 Å². The summed E-state index contributed by atoms with van der Waals surface area (Å²) in [7, 11) is 4.56. The molecule has 0 aromatic rings. The van der Waals surface area contributed by atoms with Crippen LogP contribution in [0.5, 0.6) is 0 Å². The topological polar surface area (TPSA) is 6.48 Å². The van der Waals surface area contributed by atoms with Gasteiger partial charge in [-0.25, -0.2) is 0 Å². The molecule has 2 heterocycles. The molecule has 2 atom stereocenters. The van der Waals surface area contributed by atoms with Crippen LogP contribution in [-0.4, -0.2) is 60.6 Å². The lowest BCUT2D eigenvalue weighted by atomic mass is 10.2. The number of hydrogen-bond acceptors (Lipinski definition) is 3. The van der Waals surface area contributed by atoms with Crippen molar-refractivity contribution in [1.29, 1.82) is 0 Å². The Balaban J connectivity index is 1.62. The molecule has 2 aliphatic heterocycles. The third-order valence-corrected chi connectivity index (χ3v) is 5.20. The maximum Gasteiger partial charge on any atom is 0.0183 e. The predicted molar refractivity (Wildman–Crippen MR) is 68.6 cm³/mol. The molecule has 0 N–H and O–H groups in total. The van der Waals surface area contributed by atoms with Gasteiger partial charge in [-0.1, -0.05) is 0 Å². The Bertz CT molecular complexity index is 178. The van der Waals surface area contributed by atoms with Gasteiger partial charge in [0.05, 0.1) is 0 Å². The summed E-state index contributed by atoms with van der Waals surface area (Å²) in [5.74, 6) is 2.70. The van der Waals surface area contributed by atoms with Gasteiger partial charge in [0.25, 0.3) is 0 Å². The van der Waals surface area contributed by atoms with Crippen molar-refractivity contribution in [2.45, 2.75) is 37.8 Å². The highest BCUT2D eigenvalue weighted by molar-refractivity contribution is 7.99. The summed E-state index contributed by atoms with van der Waals surface area (Å²) in [5, 5.41) is 0. The van der Waals surface area contributed by atoms with Crippen molar-refractivity contribution in [2.75, 3.05) is 38.7 Å². The fourth-order valence-corrected chi connectivity index (χ4v) is 4.24. The van der Waals surface area contributed by atoms with Crippen molar-refractivity contribution in [2.24, 2.45) is 0 Å². The SMILES string of the molecule is CN1CCC[C@H]1CSC[C@@H]1CCCN1C. The Labute approximate surface area is 98.4 Å². The molecular formula is C12H24N2S. The van der Waals surface area contributed by atoms with Crippen molar-refractivity contribution < 1.29 is 0 Å². The Morgan fingerprint density at radius 1 is 0.933 bits per heavy atom. The van der Waals surface area contributed by atoms with Gasteiger partial charge in [-0.05, 0) is 52.9 Å². The largest absolute Gasteiger partial charge is 0.303 e. The van der Waals surface area contributed by atoms with Crippen LogP contribution in [0.3, 0.4) is 0 Å². The van der Waals surface area contributed by atoms with Crippen molar-refractivity contribution >= 4 is 11.8 Å². The summed E-state index contributed by atoms with van der Waals surface area (Å²) in [4.78, 5) is 5.07. The molecule has 2 aliphatic rings. The van der Waals surface area contributed by atoms with Crippen LogP contribution in [0.2, 0.25) is 0 Å². The van der Waals surface area contributed by atoms with E-state index in [1.165, 1.54) is 50.3 Å². The molecule has 2 rings (SSSR count). The van der Waals surface area contributed by atoms with E-state index in [1.54, 1.807) is 0 Å². The first-order valence-electron chi connectivity index (χ1n) is 6.25. The first kappa shape index (κ1) is 11.7. The molecule has 2 nitrogen and oxygen atoms in total. The summed E-state index contributed by atoms with van der Waals surface area (Å²) < 4.78 is 0. The van der Waals surface area contributed by atoms with Gasteiger partial charge in [-0.3, -0.25) is 0 Å². The molecule has 0 unspecified atom stereocenters. The van der Waals surface area contributed by atoms with Gasteiger partial charge >= 0.3 is 0 Å². The van der Waals surface area contributed by atoms with E-state index in [-0.39, 0.29) is 0 Å². The molecule has 0 aliphatic carbocycles. The zero-order valence-corrected chi connectivity index (χ0v) is 10.9. The monoisotopic (exact) mass is 228 g/mol. The van der Waals surface area contributed by atoms with Gasteiger partial charge in [0.15, 0.2) is 0 Å². The Morgan fingerprint density at radius 2 is 1.40 bits per heavy atom. The van der Waals surface area contributed by atoms with Crippen molar-refractivity contribution in [1.82, 2.24) is 9.80 Å². The highest BCUT2D eigenvalue weighted by Gasteiger charge is 2.23. The lowest BCUT2D eigenvalue weighted by molar-refractivity contribution is 0.329. The first-order chi connectivity index (χ1) is 7.27. The zero-order valence-electron chi connectivity index (χ0n) is 10.1. The normalized spacial score (nSPS) is 34.0. The summed E-state index contributed by atoms with van der Waals surface area (Å²) in [5.41, 5.74) is 0. The number of thioether (sulfide) groups is 1. The molecule has 2 saturated heterocycles. The third kappa shape index (κ3) is 3.11. The minimum atomic E-state index is 0.863. The van der Waals surface area contributed by atoms with E-state index >= 15 is 0 Å². The fourth-order valence-electron chi connectivity index (χ4n) is 2.72. The van der Waals surface area contributed by atoms with Crippen LogP contribution in [-0.2, 0) is 0 Å². The second kappa shape index (κ2) is 5.55. The quantitative estimate of drug-likeness (QED) is 0.726. The van der Waals surface area contributed by atoms with Crippen LogP contribution >= 0.6 is 11.8 Å².